The van der Waals surface area contributed by atoms with Crippen molar-refractivity contribution in [1.29, 1.82) is 0 Å². The van der Waals surface area contributed by atoms with E-state index >= 15 is 0 Å². The molecule has 2 saturated heterocycles. The number of rotatable bonds is 3. The molecule has 128 valence electrons. The molecular formula is C20H31FN2. The maximum atomic E-state index is 14.7. The van der Waals surface area contributed by atoms with Crippen molar-refractivity contribution in [2.45, 2.75) is 58.4 Å². The zero-order chi connectivity index (χ0) is 16.6. The molecule has 0 aliphatic carbocycles. The summed E-state index contributed by atoms with van der Waals surface area (Å²) >= 11 is 0. The Morgan fingerprint density at radius 1 is 1.17 bits per heavy atom. The van der Waals surface area contributed by atoms with Crippen LogP contribution < -0.4 is 4.90 Å². The van der Waals surface area contributed by atoms with Crippen molar-refractivity contribution in [3.8, 4) is 0 Å². The normalized spacial score (nSPS) is 25.7. The topological polar surface area (TPSA) is 6.48 Å². The van der Waals surface area contributed by atoms with Crippen LogP contribution in [0.5, 0.6) is 0 Å². The third-order valence-corrected chi connectivity index (χ3v) is 5.62. The number of halogens is 1. The molecule has 2 heterocycles. The van der Waals surface area contributed by atoms with Crippen molar-refractivity contribution in [2.75, 3.05) is 31.1 Å². The molecule has 0 amide bonds. The highest BCUT2D eigenvalue weighted by Gasteiger charge is 2.38. The summed E-state index contributed by atoms with van der Waals surface area (Å²) in [4.78, 5) is 4.93. The van der Waals surface area contributed by atoms with Crippen molar-refractivity contribution in [2.24, 2.45) is 5.92 Å². The Kier molecular flexibility index (Phi) is 4.68. The highest BCUT2D eigenvalue weighted by atomic mass is 19.1. The lowest BCUT2D eigenvalue weighted by Gasteiger charge is -2.39. The van der Waals surface area contributed by atoms with Gasteiger partial charge in [0.2, 0.25) is 0 Å². The second kappa shape index (κ2) is 6.43. The quantitative estimate of drug-likeness (QED) is 0.813. The first-order chi connectivity index (χ1) is 10.9. The Morgan fingerprint density at radius 2 is 1.96 bits per heavy atom. The molecule has 0 saturated carbocycles. The van der Waals surface area contributed by atoms with Gasteiger partial charge in [0.15, 0.2) is 0 Å². The zero-order valence-electron chi connectivity index (χ0n) is 15.1. The fraction of sp³-hybridized carbons (Fsp3) is 0.700. The highest BCUT2D eigenvalue weighted by molar-refractivity contribution is 5.50. The van der Waals surface area contributed by atoms with Crippen LogP contribution in [-0.4, -0.2) is 37.1 Å². The molecule has 0 radical (unpaired) electrons. The van der Waals surface area contributed by atoms with Gasteiger partial charge in [-0.3, -0.25) is 4.90 Å². The van der Waals surface area contributed by atoms with Gasteiger partial charge in [0.1, 0.15) is 5.82 Å². The zero-order valence-corrected chi connectivity index (χ0v) is 15.1. The third-order valence-electron chi connectivity index (χ3n) is 5.62. The second-order valence-electron chi connectivity index (χ2n) is 8.30. The first kappa shape index (κ1) is 16.8. The number of anilines is 1. The van der Waals surface area contributed by atoms with Crippen LogP contribution in [0.3, 0.4) is 0 Å². The minimum absolute atomic E-state index is 0.00152. The molecule has 0 bridgehead atoms. The molecule has 3 rings (SSSR count). The highest BCUT2D eigenvalue weighted by Crippen LogP contribution is 2.35. The monoisotopic (exact) mass is 318 g/mol. The lowest BCUT2D eigenvalue weighted by molar-refractivity contribution is 0.201. The average Bonchev–Trinajstić information content (AvgIpc) is 2.89. The summed E-state index contributed by atoms with van der Waals surface area (Å²) in [6.07, 6.45) is 3.67. The molecule has 1 aromatic rings. The van der Waals surface area contributed by atoms with Gasteiger partial charge in [-0.25, -0.2) is 4.39 Å². The Hall–Kier alpha value is -1.09. The second-order valence-corrected chi connectivity index (χ2v) is 8.30. The van der Waals surface area contributed by atoms with Crippen LogP contribution >= 0.6 is 0 Å². The van der Waals surface area contributed by atoms with Crippen LogP contribution in [0.25, 0.3) is 0 Å². The van der Waals surface area contributed by atoms with Crippen LogP contribution in [-0.2, 0) is 5.41 Å². The van der Waals surface area contributed by atoms with Gasteiger partial charge in [-0.2, -0.15) is 0 Å². The van der Waals surface area contributed by atoms with Gasteiger partial charge in [-0.1, -0.05) is 33.8 Å². The van der Waals surface area contributed by atoms with Gasteiger partial charge in [0, 0.05) is 19.1 Å². The molecule has 0 spiro atoms. The van der Waals surface area contributed by atoms with Crippen LogP contribution in [0.2, 0.25) is 0 Å². The number of likely N-dealkylation sites (tertiary alicyclic amines) is 1. The van der Waals surface area contributed by atoms with Gasteiger partial charge >= 0.3 is 0 Å². The van der Waals surface area contributed by atoms with Gasteiger partial charge in [0.05, 0.1) is 5.69 Å². The Labute approximate surface area is 140 Å². The van der Waals surface area contributed by atoms with E-state index in [1.54, 1.807) is 6.07 Å². The van der Waals surface area contributed by atoms with E-state index in [1.165, 1.54) is 32.4 Å². The van der Waals surface area contributed by atoms with Crippen molar-refractivity contribution >= 4 is 5.69 Å². The van der Waals surface area contributed by atoms with E-state index in [0.717, 1.165) is 30.4 Å². The number of nitrogens with zero attached hydrogens (tertiary/aromatic N) is 2. The summed E-state index contributed by atoms with van der Waals surface area (Å²) in [5.74, 6) is 0.649. The van der Waals surface area contributed by atoms with Gasteiger partial charge < -0.3 is 4.90 Å². The predicted octanol–water partition coefficient (Wildman–Crippen LogP) is 4.43. The molecular weight excluding hydrogens is 287 g/mol. The summed E-state index contributed by atoms with van der Waals surface area (Å²) in [6.45, 7) is 13.1. The van der Waals surface area contributed by atoms with Crippen LogP contribution in [0, 0.1) is 11.7 Å². The molecule has 2 fully saturated rings. The van der Waals surface area contributed by atoms with E-state index in [2.05, 4.69) is 43.6 Å². The smallest absolute Gasteiger partial charge is 0.146 e. The summed E-state index contributed by atoms with van der Waals surface area (Å²) in [7, 11) is 0. The standard InChI is InChI=1S/C20H31FN2/c1-5-10-22-11-8-15-14-23(12-9-18(15)22)19-7-6-16(13-17(19)21)20(2,3)4/h6-7,13,15,18H,5,8-12,14H2,1-4H3. The Bertz CT molecular complexity index is 549. The molecule has 0 N–H and O–H groups in total. The number of hydrogen-bond acceptors (Lipinski definition) is 2. The maximum absolute atomic E-state index is 14.7. The fourth-order valence-electron chi connectivity index (χ4n) is 4.30. The average molecular weight is 318 g/mol. The summed E-state index contributed by atoms with van der Waals surface area (Å²) < 4.78 is 14.7. The van der Waals surface area contributed by atoms with E-state index in [9.17, 15) is 4.39 Å². The van der Waals surface area contributed by atoms with E-state index in [0.29, 0.717) is 5.92 Å². The first-order valence-corrected chi connectivity index (χ1v) is 9.19. The third kappa shape index (κ3) is 3.40. The fourth-order valence-corrected chi connectivity index (χ4v) is 4.30. The van der Waals surface area contributed by atoms with E-state index in [4.69, 9.17) is 0 Å². The van der Waals surface area contributed by atoms with Crippen molar-refractivity contribution in [1.82, 2.24) is 4.90 Å². The minimum atomic E-state index is -0.0562. The molecule has 1 aromatic carbocycles. The molecule has 2 unspecified atom stereocenters. The predicted molar refractivity (Wildman–Crippen MR) is 95.7 cm³/mol. The molecule has 23 heavy (non-hydrogen) atoms. The Morgan fingerprint density at radius 3 is 2.61 bits per heavy atom. The largest absolute Gasteiger partial charge is 0.369 e. The van der Waals surface area contributed by atoms with Gasteiger partial charge in [-0.15, -0.1) is 0 Å². The number of benzene rings is 1. The van der Waals surface area contributed by atoms with E-state index < -0.39 is 0 Å². The van der Waals surface area contributed by atoms with E-state index in [-0.39, 0.29) is 11.2 Å². The van der Waals surface area contributed by atoms with Gasteiger partial charge in [0.25, 0.3) is 0 Å². The van der Waals surface area contributed by atoms with Crippen molar-refractivity contribution < 1.29 is 4.39 Å². The first-order valence-electron chi connectivity index (χ1n) is 9.19. The van der Waals surface area contributed by atoms with Gasteiger partial charge in [-0.05, 0) is 61.4 Å². The van der Waals surface area contributed by atoms with E-state index in [1.807, 2.05) is 6.07 Å². The van der Waals surface area contributed by atoms with Crippen molar-refractivity contribution in [3.05, 3.63) is 29.6 Å². The van der Waals surface area contributed by atoms with Crippen molar-refractivity contribution in [3.63, 3.8) is 0 Å². The summed E-state index contributed by atoms with van der Waals surface area (Å²) in [5, 5.41) is 0. The lowest BCUT2D eigenvalue weighted by atomic mass is 9.86. The van der Waals surface area contributed by atoms with Crippen LogP contribution in [0.4, 0.5) is 10.1 Å². The summed E-state index contributed by atoms with van der Waals surface area (Å²) in [5.41, 5.74) is 1.87. The summed E-state index contributed by atoms with van der Waals surface area (Å²) in [6, 6.07) is 6.56. The Balaban J connectivity index is 1.72. The molecule has 0 aromatic heterocycles. The minimum Gasteiger partial charge on any atom is -0.369 e. The lowest BCUT2D eigenvalue weighted by Crippen LogP contribution is -2.46. The SMILES string of the molecule is CCCN1CCC2CN(c3ccc(C(C)(C)C)cc3F)CCC21. The molecule has 3 heteroatoms. The molecule has 2 nitrogen and oxygen atoms in total. The van der Waals surface area contributed by atoms with Crippen LogP contribution in [0.1, 0.15) is 52.5 Å². The molecule has 2 atom stereocenters. The number of fused-ring (bicyclic) bond motifs is 1. The molecule has 2 aliphatic heterocycles. The number of piperidine rings is 1. The number of hydrogen-bond donors (Lipinski definition) is 0. The molecule has 2 aliphatic rings. The maximum Gasteiger partial charge on any atom is 0.146 e. The van der Waals surface area contributed by atoms with Crippen LogP contribution in [0.15, 0.2) is 18.2 Å².